The molecule has 24 heavy (non-hydrogen) atoms. The van der Waals surface area contributed by atoms with Crippen LogP contribution in [0.4, 0.5) is 5.69 Å². The average molecular weight is 349 g/mol. The Labute approximate surface area is 141 Å². The predicted molar refractivity (Wildman–Crippen MR) is 86.7 cm³/mol. The van der Waals surface area contributed by atoms with Crippen LogP contribution in [-0.4, -0.2) is 38.9 Å². The Bertz CT molecular complexity index is 746. The molecule has 0 bridgehead atoms. The van der Waals surface area contributed by atoms with Crippen molar-refractivity contribution in [3.05, 3.63) is 51.2 Å². The molecule has 1 aromatic rings. The van der Waals surface area contributed by atoms with Gasteiger partial charge in [-0.2, -0.15) is 0 Å². The van der Waals surface area contributed by atoms with Gasteiger partial charge in [-0.3, -0.25) is 19.8 Å². The van der Waals surface area contributed by atoms with Gasteiger partial charge in [-0.1, -0.05) is 0 Å². The number of nitro benzene ring substituents is 1. The van der Waals surface area contributed by atoms with E-state index in [0.717, 1.165) is 5.57 Å². The van der Waals surface area contributed by atoms with Gasteiger partial charge < -0.3 is 10.5 Å². The predicted octanol–water partition coefficient (Wildman–Crippen LogP) is 1.15. The van der Waals surface area contributed by atoms with Crippen molar-refractivity contribution in [1.82, 2.24) is 4.90 Å². The lowest BCUT2D eigenvalue weighted by Crippen LogP contribution is -2.68. The topological polar surface area (TPSA) is 116 Å². The average Bonchev–Trinajstić information content (AvgIpc) is 2.59. The summed E-state index contributed by atoms with van der Waals surface area (Å²) in [6.07, 6.45) is 0. The minimum absolute atomic E-state index is 0.0283. The van der Waals surface area contributed by atoms with Crippen LogP contribution in [-0.2, 0) is 20.9 Å². The van der Waals surface area contributed by atoms with E-state index in [1.165, 1.54) is 40.9 Å². The summed E-state index contributed by atoms with van der Waals surface area (Å²) in [6.45, 7) is 1.75. The van der Waals surface area contributed by atoms with Crippen molar-refractivity contribution in [2.75, 3.05) is 5.75 Å². The first-order valence-electron chi connectivity index (χ1n) is 7.20. The first-order chi connectivity index (χ1) is 11.4. The number of nitrogens with two attached hydrogens (primary N) is 1. The highest BCUT2D eigenvalue weighted by molar-refractivity contribution is 8.00. The number of esters is 1. The van der Waals surface area contributed by atoms with Crippen LogP contribution in [0.25, 0.3) is 0 Å². The molecule has 0 saturated carbocycles. The van der Waals surface area contributed by atoms with Crippen LogP contribution in [0.3, 0.4) is 0 Å². The molecule has 0 unspecified atom stereocenters. The molecule has 2 heterocycles. The summed E-state index contributed by atoms with van der Waals surface area (Å²) in [7, 11) is 0. The van der Waals surface area contributed by atoms with Gasteiger partial charge in [0.25, 0.3) is 5.69 Å². The Balaban J connectivity index is 1.68. The molecule has 9 heteroatoms. The number of nitrogens with zero attached hydrogens (tertiary/aromatic N) is 2. The third kappa shape index (κ3) is 2.76. The fourth-order valence-corrected chi connectivity index (χ4v) is 3.83. The summed E-state index contributed by atoms with van der Waals surface area (Å²) in [4.78, 5) is 35.8. The minimum atomic E-state index is -0.587. The van der Waals surface area contributed by atoms with E-state index in [-0.39, 0.29) is 29.3 Å². The van der Waals surface area contributed by atoms with Gasteiger partial charge in [0.2, 0.25) is 5.91 Å². The molecule has 126 valence electrons. The summed E-state index contributed by atoms with van der Waals surface area (Å²) < 4.78 is 5.26. The number of non-ortho nitro benzene ring substituents is 1. The molecule has 8 nitrogen and oxygen atoms in total. The number of amides is 1. The van der Waals surface area contributed by atoms with Crippen LogP contribution >= 0.6 is 11.8 Å². The molecular formula is C15H15N3O5S. The molecule has 3 rings (SSSR count). The van der Waals surface area contributed by atoms with Crippen LogP contribution in [0.15, 0.2) is 35.5 Å². The van der Waals surface area contributed by atoms with Gasteiger partial charge in [-0.25, -0.2) is 4.79 Å². The van der Waals surface area contributed by atoms with Gasteiger partial charge in [-0.05, 0) is 30.2 Å². The molecule has 2 atom stereocenters. The zero-order valence-corrected chi connectivity index (χ0v) is 13.6. The van der Waals surface area contributed by atoms with Gasteiger partial charge in [0.15, 0.2) is 0 Å². The van der Waals surface area contributed by atoms with Crippen LogP contribution in [0.1, 0.15) is 12.5 Å². The van der Waals surface area contributed by atoms with Crippen LogP contribution < -0.4 is 5.73 Å². The van der Waals surface area contributed by atoms with Crippen LogP contribution in [0, 0.1) is 10.1 Å². The van der Waals surface area contributed by atoms with E-state index in [4.69, 9.17) is 10.5 Å². The van der Waals surface area contributed by atoms with Crippen molar-refractivity contribution in [2.24, 2.45) is 5.73 Å². The second-order valence-corrected chi connectivity index (χ2v) is 6.67. The molecule has 1 amide bonds. The maximum absolute atomic E-state index is 12.4. The van der Waals surface area contributed by atoms with E-state index in [2.05, 4.69) is 0 Å². The first-order valence-corrected chi connectivity index (χ1v) is 8.25. The van der Waals surface area contributed by atoms with E-state index < -0.39 is 16.9 Å². The highest BCUT2D eigenvalue weighted by Gasteiger charge is 2.51. The summed E-state index contributed by atoms with van der Waals surface area (Å²) in [5, 5.41) is 10.4. The molecule has 2 aliphatic heterocycles. The molecule has 0 aromatic heterocycles. The van der Waals surface area contributed by atoms with Crippen molar-refractivity contribution < 1.29 is 19.2 Å². The van der Waals surface area contributed by atoms with Crippen LogP contribution in [0.2, 0.25) is 0 Å². The lowest BCUT2D eigenvalue weighted by atomic mass is 10.0. The Morgan fingerprint density at radius 1 is 1.46 bits per heavy atom. The molecule has 2 aliphatic rings. The number of benzene rings is 1. The number of hydrogen-bond acceptors (Lipinski definition) is 7. The van der Waals surface area contributed by atoms with Gasteiger partial charge in [0.05, 0.1) is 4.92 Å². The molecule has 0 aliphatic carbocycles. The fourth-order valence-electron chi connectivity index (χ4n) is 2.59. The summed E-state index contributed by atoms with van der Waals surface area (Å²) in [6, 6.07) is 5.16. The molecule has 1 aromatic carbocycles. The second-order valence-electron chi connectivity index (χ2n) is 5.56. The zero-order chi connectivity index (χ0) is 17.4. The number of carbonyl (C=O) groups is 2. The Morgan fingerprint density at radius 3 is 2.75 bits per heavy atom. The molecule has 0 radical (unpaired) electrons. The summed E-state index contributed by atoms with van der Waals surface area (Å²) >= 11 is 1.52. The van der Waals surface area contributed by atoms with E-state index in [9.17, 15) is 19.7 Å². The maximum atomic E-state index is 12.4. The monoisotopic (exact) mass is 349 g/mol. The Hall–Kier alpha value is -2.39. The normalized spacial score (nSPS) is 22.8. The number of fused-ring (bicyclic) bond motifs is 1. The minimum Gasteiger partial charge on any atom is -0.456 e. The number of ether oxygens (including phenoxy) is 1. The second kappa shape index (κ2) is 6.25. The van der Waals surface area contributed by atoms with Crippen molar-refractivity contribution in [3.63, 3.8) is 0 Å². The highest BCUT2D eigenvalue weighted by Crippen LogP contribution is 2.39. The van der Waals surface area contributed by atoms with E-state index >= 15 is 0 Å². The smallest absolute Gasteiger partial charge is 0.355 e. The van der Waals surface area contributed by atoms with Crippen molar-refractivity contribution in [3.8, 4) is 0 Å². The van der Waals surface area contributed by atoms with Crippen molar-refractivity contribution >= 4 is 29.3 Å². The maximum Gasteiger partial charge on any atom is 0.355 e. The number of β-lactam (4-membered cyclic amide) rings is 1. The summed E-state index contributed by atoms with van der Waals surface area (Å²) in [5.74, 6) is -0.255. The van der Waals surface area contributed by atoms with Gasteiger partial charge in [-0.15, -0.1) is 11.8 Å². The van der Waals surface area contributed by atoms with E-state index in [1.54, 1.807) is 6.92 Å². The molecular weight excluding hydrogens is 334 g/mol. The third-order valence-electron chi connectivity index (χ3n) is 3.91. The third-order valence-corrected chi connectivity index (χ3v) is 5.36. The molecule has 0 spiro atoms. The number of rotatable bonds is 4. The number of hydrogen-bond donors (Lipinski definition) is 1. The summed E-state index contributed by atoms with van der Waals surface area (Å²) in [5.41, 5.74) is 7.37. The molecule has 2 N–H and O–H groups in total. The number of nitro groups is 1. The van der Waals surface area contributed by atoms with Crippen molar-refractivity contribution in [2.45, 2.75) is 24.9 Å². The standard InChI is InChI=1S/C15H15N3O5S/c1-8-7-24-14-11(16)13(19)17(14)12(8)15(20)23-6-9-2-4-10(5-3-9)18(21)22/h2-5,11,14H,6-7,16H2,1H3/t11-,14+/m0/s1. The van der Waals surface area contributed by atoms with Gasteiger partial charge in [0, 0.05) is 17.9 Å². The Morgan fingerprint density at radius 2 is 2.12 bits per heavy atom. The lowest BCUT2D eigenvalue weighted by Gasteiger charge is -2.48. The SMILES string of the molecule is CC1=C(C(=O)OCc2ccc([N+](=O)[O-])cc2)N2C(=O)[C@H](N)[C@H]2SC1. The molecule has 1 fully saturated rings. The van der Waals surface area contributed by atoms with Gasteiger partial charge >= 0.3 is 5.97 Å². The fraction of sp³-hybridized carbons (Fsp3) is 0.333. The van der Waals surface area contributed by atoms with E-state index in [1.807, 2.05) is 0 Å². The zero-order valence-electron chi connectivity index (χ0n) is 12.8. The Kier molecular flexibility index (Phi) is 4.29. The highest BCUT2D eigenvalue weighted by atomic mass is 32.2. The van der Waals surface area contributed by atoms with Crippen molar-refractivity contribution in [1.29, 1.82) is 0 Å². The quantitative estimate of drug-likeness (QED) is 0.375. The largest absolute Gasteiger partial charge is 0.456 e. The number of thioether (sulfide) groups is 1. The first kappa shape index (κ1) is 16.5. The van der Waals surface area contributed by atoms with E-state index in [0.29, 0.717) is 11.3 Å². The lowest BCUT2D eigenvalue weighted by molar-refractivity contribution is -0.384. The number of carbonyl (C=O) groups excluding carboxylic acids is 2. The van der Waals surface area contributed by atoms with Gasteiger partial charge in [0.1, 0.15) is 23.7 Å². The van der Waals surface area contributed by atoms with Crippen LogP contribution in [0.5, 0.6) is 0 Å². The molecule has 1 saturated heterocycles.